The van der Waals surface area contributed by atoms with Crippen molar-refractivity contribution in [1.29, 1.82) is 0 Å². The molecule has 1 N–H and O–H groups in total. The standard InChI is InChI=1S/C19H23F7N2O2/c1-4-6-8-11(9-7-5-2)30-28-10(3)18(29)27-17-15(22)13(20)12(19(24,25)26)14(21)16(17)23/h11H,4-9H2,1-3H3,(H,27,29)/b28-10+. The number of alkyl halides is 3. The van der Waals surface area contributed by atoms with Crippen molar-refractivity contribution in [3.8, 4) is 0 Å². The highest BCUT2D eigenvalue weighted by Crippen LogP contribution is 2.38. The van der Waals surface area contributed by atoms with Crippen LogP contribution < -0.4 is 5.32 Å². The fraction of sp³-hybridized carbons (Fsp3) is 0.579. The molecule has 30 heavy (non-hydrogen) atoms. The first-order valence-electron chi connectivity index (χ1n) is 9.40. The van der Waals surface area contributed by atoms with Crippen LogP contribution in [0.1, 0.15) is 64.9 Å². The zero-order chi connectivity index (χ0) is 23.1. The Balaban J connectivity index is 3.04. The van der Waals surface area contributed by atoms with E-state index in [9.17, 15) is 35.5 Å². The molecule has 4 nitrogen and oxygen atoms in total. The van der Waals surface area contributed by atoms with Crippen LogP contribution in [0.15, 0.2) is 5.16 Å². The summed E-state index contributed by atoms with van der Waals surface area (Å²) in [5.74, 6) is -11.4. The summed E-state index contributed by atoms with van der Waals surface area (Å²) in [5.41, 5.74) is -4.85. The lowest BCUT2D eigenvalue weighted by molar-refractivity contribution is -0.143. The number of oxime groups is 1. The summed E-state index contributed by atoms with van der Waals surface area (Å²) in [6, 6.07) is 0. The molecule has 0 saturated heterocycles. The molecule has 0 unspecified atom stereocenters. The van der Waals surface area contributed by atoms with E-state index in [1.807, 2.05) is 13.8 Å². The van der Waals surface area contributed by atoms with Crippen molar-refractivity contribution >= 4 is 17.3 Å². The van der Waals surface area contributed by atoms with E-state index >= 15 is 0 Å². The first-order chi connectivity index (χ1) is 13.9. The average Bonchev–Trinajstić information content (AvgIpc) is 2.67. The lowest BCUT2D eigenvalue weighted by atomic mass is 10.1. The Bertz CT molecular complexity index is 742. The van der Waals surface area contributed by atoms with Gasteiger partial charge in [-0.25, -0.2) is 17.6 Å². The van der Waals surface area contributed by atoms with Crippen molar-refractivity contribution in [1.82, 2.24) is 0 Å². The third-order valence-corrected chi connectivity index (χ3v) is 4.21. The van der Waals surface area contributed by atoms with Gasteiger partial charge in [0.15, 0.2) is 23.3 Å². The highest BCUT2D eigenvalue weighted by Gasteiger charge is 2.42. The third-order valence-electron chi connectivity index (χ3n) is 4.21. The molecule has 1 aromatic rings. The van der Waals surface area contributed by atoms with Crippen LogP contribution in [0.2, 0.25) is 0 Å². The molecule has 170 valence electrons. The Labute approximate surface area is 169 Å². The van der Waals surface area contributed by atoms with Gasteiger partial charge in [-0.05, 0) is 32.6 Å². The summed E-state index contributed by atoms with van der Waals surface area (Å²) in [5, 5.41) is 5.08. The molecule has 0 atom stereocenters. The summed E-state index contributed by atoms with van der Waals surface area (Å²) in [7, 11) is 0. The van der Waals surface area contributed by atoms with Gasteiger partial charge in [0.25, 0.3) is 5.91 Å². The van der Waals surface area contributed by atoms with Gasteiger partial charge in [0, 0.05) is 0 Å². The lowest BCUT2D eigenvalue weighted by Gasteiger charge is -2.16. The van der Waals surface area contributed by atoms with E-state index in [0.717, 1.165) is 32.6 Å². The van der Waals surface area contributed by atoms with Crippen molar-refractivity contribution in [2.75, 3.05) is 5.32 Å². The normalized spacial score (nSPS) is 12.4. The van der Waals surface area contributed by atoms with Gasteiger partial charge in [0.2, 0.25) is 0 Å². The Hall–Kier alpha value is -2.33. The molecule has 1 amide bonds. The van der Waals surface area contributed by atoms with Gasteiger partial charge in [-0.3, -0.25) is 4.79 Å². The number of hydrogen-bond donors (Lipinski definition) is 1. The lowest BCUT2D eigenvalue weighted by Crippen LogP contribution is -2.25. The van der Waals surface area contributed by atoms with Crippen LogP contribution in [0.3, 0.4) is 0 Å². The van der Waals surface area contributed by atoms with Gasteiger partial charge in [-0.15, -0.1) is 0 Å². The molecule has 0 radical (unpaired) electrons. The van der Waals surface area contributed by atoms with Crippen LogP contribution >= 0.6 is 0 Å². The molecular weight excluding hydrogens is 421 g/mol. The minimum absolute atomic E-state index is 0.304. The molecule has 0 saturated carbocycles. The van der Waals surface area contributed by atoms with E-state index in [4.69, 9.17) is 4.84 Å². The van der Waals surface area contributed by atoms with E-state index in [2.05, 4.69) is 5.16 Å². The van der Waals surface area contributed by atoms with E-state index in [1.54, 1.807) is 0 Å². The molecule has 0 aliphatic carbocycles. The summed E-state index contributed by atoms with van der Waals surface area (Å²) in [6.07, 6.45) is -1.17. The monoisotopic (exact) mass is 444 g/mol. The van der Waals surface area contributed by atoms with Gasteiger partial charge in [-0.2, -0.15) is 13.2 Å². The summed E-state index contributed by atoms with van der Waals surface area (Å²) < 4.78 is 92.9. The Morgan fingerprint density at radius 2 is 1.43 bits per heavy atom. The van der Waals surface area contributed by atoms with Crippen molar-refractivity contribution < 1.29 is 40.4 Å². The van der Waals surface area contributed by atoms with Gasteiger partial charge in [0.05, 0.1) is 0 Å². The first-order valence-corrected chi connectivity index (χ1v) is 9.40. The summed E-state index contributed by atoms with van der Waals surface area (Å²) in [4.78, 5) is 17.3. The highest BCUT2D eigenvalue weighted by molar-refractivity contribution is 6.42. The number of rotatable bonds is 10. The molecule has 11 heteroatoms. The molecule has 0 fully saturated rings. The number of nitrogens with one attached hydrogen (secondary N) is 1. The summed E-state index contributed by atoms with van der Waals surface area (Å²) in [6.45, 7) is 5.06. The largest absolute Gasteiger partial charge is 0.422 e. The smallest absolute Gasteiger partial charge is 0.392 e. The van der Waals surface area contributed by atoms with Crippen LogP contribution in [0.5, 0.6) is 0 Å². The number of unbranched alkanes of at least 4 members (excludes halogenated alkanes) is 2. The van der Waals surface area contributed by atoms with E-state index in [-0.39, 0.29) is 6.10 Å². The van der Waals surface area contributed by atoms with Gasteiger partial charge in [-0.1, -0.05) is 31.8 Å². The van der Waals surface area contributed by atoms with Crippen LogP contribution in [0.25, 0.3) is 0 Å². The zero-order valence-electron chi connectivity index (χ0n) is 16.7. The molecule has 0 bridgehead atoms. The van der Waals surface area contributed by atoms with E-state index < -0.39 is 52.3 Å². The number of carbonyl (C=O) groups is 1. The fourth-order valence-electron chi connectivity index (χ4n) is 2.50. The van der Waals surface area contributed by atoms with Crippen LogP contribution in [0, 0.1) is 23.3 Å². The van der Waals surface area contributed by atoms with Crippen molar-refractivity contribution in [3.63, 3.8) is 0 Å². The maximum absolute atomic E-state index is 13.9. The number of anilines is 1. The maximum Gasteiger partial charge on any atom is 0.422 e. The minimum atomic E-state index is -5.67. The molecule has 1 rings (SSSR count). The van der Waals surface area contributed by atoms with Crippen LogP contribution in [-0.4, -0.2) is 17.7 Å². The van der Waals surface area contributed by atoms with Gasteiger partial charge < -0.3 is 10.2 Å². The van der Waals surface area contributed by atoms with E-state index in [0.29, 0.717) is 12.8 Å². The SMILES string of the molecule is CCCCC(CCCC)O/N=C(\C)C(=O)Nc1c(F)c(F)c(C(F)(F)F)c(F)c1F. The Morgan fingerprint density at radius 3 is 1.83 bits per heavy atom. The topological polar surface area (TPSA) is 50.7 Å². The number of halogens is 7. The highest BCUT2D eigenvalue weighted by atomic mass is 19.4. The second-order valence-electron chi connectivity index (χ2n) is 6.65. The molecule has 1 aromatic carbocycles. The Morgan fingerprint density at radius 1 is 0.967 bits per heavy atom. The second-order valence-corrected chi connectivity index (χ2v) is 6.65. The quantitative estimate of drug-likeness (QED) is 0.198. The number of amides is 1. The van der Waals surface area contributed by atoms with Gasteiger partial charge in [0.1, 0.15) is 23.1 Å². The third kappa shape index (κ3) is 6.60. The number of hydrogen-bond acceptors (Lipinski definition) is 3. The fourth-order valence-corrected chi connectivity index (χ4v) is 2.50. The predicted molar refractivity (Wildman–Crippen MR) is 96.9 cm³/mol. The number of carbonyl (C=O) groups excluding carboxylic acids is 1. The van der Waals surface area contributed by atoms with Crippen LogP contribution in [0.4, 0.5) is 36.4 Å². The maximum atomic E-state index is 13.9. The van der Waals surface area contributed by atoms with E-state index in [1.165, 1.54) is 5.32 Å². The Kier molecular flexibility index (Phi) is 9.57. The predicted octanol–water partition coefficient (Wildman–Crippen LogP) is 6.34. The number of nitrogens with zero attached hydrogens (tertiary/aromatic N) is 1. The molecule has 0 spiro atoms. The van der Waals surface area contributed by atoms with Crippen molar-refractivity contribution in [2.24, 2.45) is 5.16 Å². The number of benzene rings is 1. The van der Waals surface area contributed by atoms with Crippen molar-refractivity contribution in [2.45, 2.75) is 71.6 Å². The average molecular weight is 444 g/mol. The van der Waals surface area contributed by atoms with Gasteiger partial charge >= 0.3 is 6.18 Å². The molecule has 0 aromatic heterocycles. The van der Waals surface area contributed by atoms with Crippen molar-refractivity contribution in [3.05, 3.63) is 28.8 Å². The summed E-state index contributed by atoms with van der Waals surface area (Å²) >= 11 is 0. The molecule has 0 aliphatic heterocycles. The first kappa shape index (κ1) is 25.7. The minimum Gasteiger partial charge on any atom is -0.392 e. The van der Waals surface area contributed by atoms with Crippen LogP contribution in [-0.2, 0) is 15.8 Å². The molecular formula is C19H23F7N2O2. The molecule has 0 aliphatic rings. The molecule has 0 heterocycles. The zero-order valence-corrected chi connectivity index (χ0v) is 16.7. The second kappa shape index (κ2) is 11.2.